The third kappa shape index (κ3) is 5.37. The number of benzene rings is 3. The first-order valence-corrected chi connectivity index (χ1v) is 13.6. The summed E-state index contributed by atoms with van der Waals surface area (Å²) >= 11 is 0. The maximum Gasteiger partial charge on any atom is 0.338 e. The molecular weight excluding hydrogens is 512 g/mol. The summed E-state index contributed by atoms with van der Waals surface area (Å²) < 4.78 is 49.3. The fraction of sp³-hybridized carbons (Fsp3) is 0.321. The summed E-state index contributed by atoms with van der Waals surface area (Å²) in [6.45, 7) is 1.90. The van der Waals surface area contributed by atoms with Gasteiger partial charge in [0.15, 0.2) is 6.10 Å². The summed E-state index contributed by atoms with van der Waals surface area (Å²) in [5, 5.41) is 22.2. The predicted molar refractivity (Wildman–Crippen MR) is 135 cm³/mol. The molecule has 200 valence electrons. The lowest BCUT2D eigenvalue weighted by molar-refractivity contribution is -0.208. The molecule has 3 aromatic rings. The van der Waals surface area contributed by atoms with Gasteiger partial charge < -0.3 is 24.4 Å². The molecule has 0 aromatic heterocycles. The van der Waals surface area contributed by atoms with Crippen LogP contribution in [-0.2, 0) is 35.1 Å². The second kappa shape index (κ2) is 10.9. The van der Waals surface area contributed by atoms with Gasteiger partial charge in [0.25, 0.3) is 10.1 Å². The van der Waals surface area contributed by atoms with Gasteiger partial charge >= 0.3 is 5.97 Å². The molecule has 0 saturated carbocycles. The second-order valence-corrected chi connectivity index (χ2v) is 10.9. The summed E-state index contributed by atoms with van der Waals surface area (Å²) in [4.78, 5) is 12.6. The number of carbonyl (C=O) groups is 1. The Morgan fingerprint density at radius 1 is 0.816 bits per heavy atom. The van der Waals surface area contributed by atoms with Crippen molar-refractivity contribution < 1.29 is 41.8 Å². The quantitative estimate of drug-likeness (QED) is 0.327. The normalized spacial score (nSPS) is 28.7. The second-order valence-electron chi connectivity index (χ2n) is 9.37. The van der Waals surface area contributed by atoms with E-state index in [1.54, 1.807) is 42.5 Å². The van der Waals surface area contributed by atoms with E-state index < -0.39 is 58.8 Å². The van der Waals surface area contributed by atoms with E-state index in [1.807, 2.05) is 37.3 Å². The molecule has 7 atom stereocenters. The van der Waals surface area contributed by atoms with E-state index in [-0.39, 0.29) is 17.1 Å². The smallest absolute Gasteiger partial charge is 0.338 e. The van der Waals surface area contributed by atoms with Crippen LogP contribution in [0.1, 0.15) is 21.5 Å². The summed E-state index contributed by atoms with van der Waals surface area (Å²) in [5.41, 5.74) is 1.91. The summed E-state index contributed by atoms with van der Waals surface area (Å²) in [6.07, 6.45) is -9.28. The molecule has 2 aliphatic heterocycles. The molecule has 2 bridgehead atoms. The topological polar surface area (TPSA) is 129 Å². The largest absolute Gasteiger partial charge is 0.453 e. The van der Waals surface area contributed by atoms with Crippen LogP contribution in [0.5, 0.6) is 0 Å². The van der Waals surface area contributed by atoms with Crippen LogP contribution in [-0.4, -0.2) is 67.3 Å². The minimum absolute atomic E-state index is 0.0693. The third-order valence-electron chi connectivity index (χ3n) is 6.72. The molecule has 38 heavy (non-hydrogen) atoms. The van der Waals surface area contributed by atoms with Gasteiger partial charge in [-0.2, -0.15) is 8.42 Å². The van der Waals surface area contributed by atoms with E-state index >= 15 is 0 Å². The monoisotopic (exact) mass is 540 g/mol. The van der Waals surface area contributed by atoms with Crippen LogP contribution in [0.2, 0.25) is 0 Å². The molecule has 9 nitrogen and oxygen atoms in total. The van der Waals surface area contributed by atoms with Gasteiger partial charge in [0.1, 0.15) is 36.6 Å². The molecule has 0 radical (unpaired) electrons. The van der Waals surface area contributed by atoms with Crippen LogP contribution in [0.15, 0.2) is 89.8 Å². The highest BCUT2D eigenvalue weighted by Crippen LogP contribution is 2.40. The lowest BCUT2D eigenvalue weighted by Gasteiger charge is -2.37. The minimum atomic E-state index is -4.30. The lowest BCUT2D eigenvalue weighted by Crippen LogP contribution is -2.56. The zero-order valence-corrected chi connectivity index (χ0v) is 21.3. The number of aryl methyl sites for hydroxylation is 1. The Morgan fingerprint density at radius 3 is 2.03 bits per heavy atom. The Bertz CT molecular complexity index is 1350. The molecule has 2 fully saturated rings. The number of hydrogen-bond acceptors (Lipinski definition) is 9. The van der Waals surface area contributed by atoms with Crippen LogP contribution in [0.4, 0.5) is 0 Å². The average Bonchev–Trinajstić information content (AvgIpc) is 3.24. The van der Waals surface area contributed by atoms with E-state index in [4.69, 9.17) is 18.4 Å². The molecule has 2 heterocycles. The number of rotatable bonds is 8. The number of aliphatic hydroxyl groups excluding tert-OH is 2. The van der Waals surface area contributed by atoms with Crippen molar-refractivity contribution in [1.82, 2.24) is 0 Å². The standard InChI is InChI=1S/C28H28O9S/c1-17-12-14-20(15-13-17)38(32,33)37-27-25-22(30)23(36-28(31)19-10-6-3-7-11-19)21(29)24(35-25)26(27)34-16-18-8-4-2-5-9-18/h2-15,21-27,29-30H,16H2,1H3/t21-,22-,23+,24+,25-,26-,27-/m1/s1. The summed E-state index contributed by atoms with van der Waals surface area (Å²) in [5.74, 6) is -0.749. The summed E-state index contributed by atoms with van der Waals surface area (Å²) in [6, 6.07) is 23.4. The Hall–Kier alpha value is -3.12. The number of aliphatic hydroxyl groups is 2. The third-order valence-corrected chi connectivity index (χ3v) is 8.04. The molecule has 2 aliphatic rings. The van der Waals surface area contributed by atoms with Crippen molar-refractivity contribution in [1.29, 1.82) is 0 Å². The van der Waals surface area contributed by atoms with Gasteiger partial charge in [0, 0.05) is 0 Å². The van der Waals surface area contributed by atoms with Crippen molar-refractivity contribution in [2.75, 3.05) is 0 Å². The van der Waals surface area contributed by atoms with E-state index in [2.05, 4.69) is 0 Å². The van der Waals surface area contributed by atoms with Crippen molar-refractivity contribution in [3.8, 4) is 0 Å². The molecular formula is C28H28O9S. The molecule has 2 N–H and O–H groups in total. The number of esters is 1. The maximum atomic E-state index is 13.2. The van der Waals surface area contributed by atoms with Crippen LogP contribution in [0, 0.1) is 6.92 Å². The number of carbonyl (C=O) groups excluding carboxylic acids is 1. The van der Waals surface area contributed by atoms with Crippen LogP contribution < -0.4 is 0 Å². The number of hydrogen-bond donors (Lipinski definition) is 2. The van der Waals surface area contributed by atoms with Crippen molar-refractivity contribution in [3.63, 3.8) is 0 Å². The van der Waals surface area contributed by atoms with E-state index in [1.165, 1.54) is 12.1 Å². The number of fused-ring (bicyclic) bond motifs is 2. The fourth-order valence-electron chi connectivity index (χ4n) is 4.71. The van der Waals surface area contributed by atoms with Gasteiger partial charge in [-0.25, -0.2) is 4.79 Å². The lowest BCUT2D eigenvalue weighted by atomic mass is 10.00. The minimum Gasteiger partial charge on any atom is -0.453 e. The first-order valence-electron chi connectivity index (χ1n) is 12.2. The molecule has 0 aliphatic carbocycles. The van der Waals surface area contributed by atoms with Crippen molar-refractivity contribution >= 4 is 16.1 Å². The maximum absolute atomic E-state index is 13.2. The van der Waals surface area contributed by atoms with Gasteiger partial charge in [-0.1, -0.05) is 66.2 Å². The predicted octanol–water partition coefficient (Wildman–Crippen LogP) is 2.38. The highest BCUT2D eigenvalue weighted by Gasteiger charge is 2.62. The van der Waals surface area contributed by atoms with E-state index in [0.717, 1.165) is 11.1 Å². The van der Waals surface area contributed by atoms with Crippen LogP contribution in [0.3, 0.4) is 0 Å². The summed E-state index contributed by atoms with van der Waals surface area (Å²) in [7, 11) is -4.30. The van der Waals surface area contributed by atoms with Gasteiger partial charge in [-0.3, -0.25) is 4.18 Å². The van der Waals surface area contributed by atoms with Crippen molar-refractivity contribution in [3.05, 3.63) is 102 Å². The Labute approximate surface area is 220 Å². The zero-order chi connectivity index (χ0) is 26.9. The van der Waals surface area contributed by atoms with Gasteiger partial charge in [-0.05, 0) is 36.8 Å². The fourth-order valence-corrected chi connectivity index (χ4v) is 5.81. The Kier molecular flexibility index (Phi) is 7.62. The molecule has 2 saturated heterocycles. The Balaban J connectivity index is 1.43. The SMILES string of the molecule is Cc1ccc(S(=O)(=O)O[C@H]2[C@H](OCc3ccccc3)[C@H]3O[C@@H]2[C@H](O)[C@@H](OC(=O)c2ccccc2)[C@H]3O)cc1. The van der Waals surface area contributed by atoms with Crippen LogP contribution in [0.25, 0.3) is 0 Å². The highest BCUT2D eigenvalue weighted by atomic mass is 32.2. The van der Waals surface area contributed by atoms with E-state index in [9.17, 15) is 23.4 Å². The number of ether oxygens (including phenoxy) is 3. The van der Waals surface area contributed by atoms with Gasteiger partial charge in [0.2, 0.25) is 0 Å². The average molecular weight is 541 g/mol. The van der Waals surface area contributed by atoms with E-state index in [0.29, 0.717) is 0 Å². The molecule has 3 aromatic carbocycles. The van der Waals surface area contributed by atoms with Crippen molar-refractivity contribution in [2.24, 2.45) is 0 Å². The van der Waals surface area contributed by atoms with Gasteiger partial charge in [-0.15, -0.1) is 0 Å². The van der Waals surface area contributed by atoms with Gasteiger partial charge in [0.05, 0.1) is 17.1 Å². The highest BCUT2D eigenvalue weighted by molar-refractivity contribution is 7.86. The first-order chi connectivity index (χ1) is 18.2. The van der Waals surface area contributed by atoms with Crippen molar-refractivity contribution in [2.45, 2.75) is 61.2 Å². The zero-order valence-electron chi connectivity index (χ0n) is 20.5. The van der Waals surface area contributed by atoms with Crippen LogP contribution >= 0.6 is 0 Å². The molecule has 0 unspecified atom stereocenters. The Morgan fingerprint density at radius 2 is 1.39 bits per heavy atom. The molecule has 0 spiro atoms. The molecule has 5 rings (SSSR count). The first kappa shape index (κ1) is 26.5. The molecule has 10 heteroatoms. The molecule has 0 amide bonds.